The van der Waals surface area contributed by atoms with E-state index < -0.39 is 11.7 Å². The molecule has 0 rings (SSSR count). The minimum Gasteiger partial charge on any atom is -0.501 e. The van der Waals surface area contributed by atoms with Crippen LogP contribution in [0.1, 0.15) is 20.3 Å². The van der Waals surface area contributed by atoms with Gasteiger partial charge in [-0.25, -0.2) is 0 Å². The molecule has 0 fully saturated rings. The number of hydrogen-bond donors (Lipinski definition) is 0. The average Bonchev–Trinajstić information content (AvgIpc) is 2.15. The molecule has 0 saturated heterocycles. The van der Waals surface area contributed by atoms with Gasteiger partial charge in [0.2, 0.25) is 0 Å². The zero-order valence-electron chi connectivity index (χ0n) is 9.11. The molecule has 0 heterocycles. The summed E-state index contributed by atoms with van der Waals surface area (Å²) in [6.07, 6.45) is -2.20. The summed E-state index contributed by atoms with van der Waals surface area (Å²) in [5.74, 6) is 0.636. The van der Waals surface area contributed by atoms with E-state index in [1.165, 1.54) is 7.11 Å². The number of methoxy groups -OCH3 is 1. The second kappa shape index (κ2) is 5.63. The third-order valence-corrected chi connectivity index (χ3v) is 2.08. The molecular weight excluding hydrogens is 205 g/mol. The topological polar surface area (TPSA) is 9.23 Å². The second-order valence-corrected chi connectivity index (χ2v) is 3.11. The Morgan fingerprint density at radius 3 is 2.20 bits per heavy atom. The lowest BCUT2D eigenvalue weighted by atomic mass is 10.1. The molecule has 0 spiro atoms. The molecule has 0 aliphatic rings. The summed E-state index contributed by atoms with van der Waals surface area (Å²) in [5, 5.41) is 0. The summed E-state index contributed by atoms with van der Waals surface area (Å²) < 4.78 is 41.7. The molecular formula is C11H15F3O. The molecule has 0 atom stereocenters. The third-order valence-electron chi connectivity index (χ3n) is 2.08. The number of halogens is 3. The van der Waals surface area contributed by atoms with Crippen molar-refractivity contribution in [3.05, 3.63) is 35.6 Å². The van der Waals surface area contributed by atoms with Gasteiger partial charge < -0.3 is 4.74 Å². The van der Waals surface area contributed by atoms with Crippen LogP contribution in [-0.4, -0.2) is 13.3 Å². The summed E-state index contributed by atoms with van der Waals surface area (Å²) in [5.41, 5.74) is 0.0480. The van der Waals surface area contributed by atoms with E-state index in [0.29, 0.717) is 5.76 Å². The van der Waals surface area contributed by atoms with Gasteiger partial charge in [0.1, 0.15) is 0 Å². The van der Waals surface area contributed by atoms with Crippen LogP contribution in [0.25, 0.3) is 0 Å². The van der Waals surface area contributed by atoms with Gasteiger partial charge in [-0.05, 0) is 25.8 Å². The minimum atomic E-state index is -4.33. The summed E-state index contributed by atoms with van der Waals surface area (Å²) in [7, 11) is 1.49. The van der Waals surface area contributed by atoms with Gasteiger partial charge in [-0.2, -0.15) is 13.2 Å². The van der Waals surface area contributed by atoms with Crippen molar-refractivity contribution in [2.24, 2.45) is 0 Å². The molecule has 15 heavy (non-hydrogen) atoms. The normalized spacial score (nSPS) is 14.7. The Morgan fingerprint density at radius 2 is 1.87 bits per heavy atom. The smallest absolute Gasteiger partial charge is 0.416 e. The van der Waals surface area contributed by atoms with E-state index in [-0.39, 0.29) is 6.42 Å². The van der Waals surface area contributed by atoms with Gasteiger partial charge in [0.15, 0.2) is 0 Å². The van der Waals surface area contributed by atoms with Crippen molar-refractivity contribution < 1.29 is 17.9 Å². The number of hydrogen-bond acceptors (Lipinski definition) is 1. The number of rotatable bonds is 4. The Labute approximate surface area is 87.9 Å². The SMILES string of the molecule is C=C/C(=C\C/C(C)=C(\C)OC)C(F)(F)F. The van der Waals surface area contributed by atoms with Crippen LogP contribution < -0.4 is 0 Å². The fourth-order valence-electron chi connectivity index (χ4n) is 0.896. The van der Waals surface area contributed by atoms with Gasteiger partial charge in [-0.3, -0.25) is 0 Å². The Hall–Kier alpha value is -1.19. The molecule has 0 unspecified atom stereocenters. The van der Waals surface area contributed by atoms with Crippen molar-refractivity contribution in [3.8, 4) is 0 Å². The first-order valence-electron chi connectivity index (χ1n) is 4.43. The first-order valence-corrected chi connectivity index (χ1v) is 4.43. The lowest BCUT2D eigenvalue weighted by molar-refractivity contribution is -0.0883. The van der Waals surface area contributed by atoms with Gasteiger partial charge in [-0.15, -0.1) is 0 Å². The fourth-order valence-corrected chi connectivity index (χ4v) is 0.896. The van der Waals surface area contributed by atoms with Crippen LogP contribution in [0.4, 0.5) is 13.2 Å². The standard InChI is InChI=1S/C11H15F3O/c1-5-10(11(12,13)14)7-6-8(2)9(3)15-4/h5,7H,1,6H2,2-4H3/b9-8+,10-7+. The van der Waals surface area contributed by atoms with Gasteiger partial charge in [-0.1, -0.05) is 18.7 Å². The highest BCUT2D eigenvalue weighted by Crippen LogP contribution is 2.27. The van der Waals surface area contributed by atoms with E-state index in [0.717, 1.165) is 17.7 Å². The molecule has 0 aromatic rings. The van der Waals surface area contributed by atoms with Crippen LogP contribution in [0.15, 0.2) is 35.6 Å². The van der Waals surface area contributed by atoms with Gasteiger partial charge in [0, 0.05) is 0 Å². The predicted molar refractivity (Wildman–Crippen MR) is 54.3 cm³/mol. The van der Waals surface area contributed by atoms with E-state index in [1.807, 2.05) is 0 Å². The van der Waals surface area contributed by atoms with Crippen LogP contribution >= 0.6 is 0 Å². The Morgan fingerprint density at radius 1 is 1.33 bits per heavy atom. The first kappa shape index (κ1) is 13.8. The summed E-state index contributed by atoms with van der Waals surface area (Å²) >= 11 is 0. The van der Waals surface area contributed by atoms with Crippen LogP contribution in [0.5, 0.6) is 0 Å². The maximum absolute atomic E-state index is 12.3. The number of alkyl halides is 3. The molecule has 1 nitrogen and oxygen atoms in total. The highest BCUT2D eigenvalue weighted by molar-refractivity contribution is 5.24. The van der Waals surface area contributed by atoms with Crippen LogP contribution in [-0.2, 0) is 4.74 Å². The van der Waals surface area contributed by atoms with Crippen LogP contribution in [0.2, 0.25) is 0 Å². The largest absolute Gasteiger partial charge is 0.501 e. The molecule has 0 aliphatic heterocycles. The predicted octanol–water partition coefficient (Wildman–Crippen LogP) is 3.99. The molecule has 4 heteroatoms. The molecule has 0 aromatic heterocycles. The van der Waals surface area contributed by atoms with Crippen molar-refractivity contribution in [1.29, 1.82) is 0 Å². The van der Waals surface area contributed by atoms with Crippen molar-refractivity contribution in [1.82, 2.24) is 0 Å². The lowest BCUT2D eigenvalue weighted by Gasteiger charge is -2.08. The maximum atomic E-state index is 12.3. The lowest BCUT2D eigenvalue weighted by Crippen LogP contribution is -2.09. The van der Waals surface area contributed by atoms with E-state index in [9.17, 15) is 13.2 Å². The van der Waals surface area contributed by atoms with Crippen molar-refractivity contribution in [2.75, 3.05) is 7.11 Å². The number of ether oxygens (including phenoxy) is 1. The van der Waals surface area contributed by atoms with E-state index in [2.05, 4.69) is 6.58 Å². The van der Waals surface area contributed by atoms with E-state index >= 15 is 0 Å². The zero-order valence-corrected chi connectivity index (χ0v) is 9.11. The fraction of sp³-hybridized carbons (Fsp3) is 0.455. The molecule has 0 amide bonds. The van der Waals surface area contributed by atoms with Crippen molar-refractivity contribution in [2.45, 2.75) is 26.4 Å². The third kappa shape index (κ3) is 4.72. The van der Waals surface area contributed by atoms with Gasteiger partial charge in [0.05, 0.1) is 18.4 Å². The quantitative estimate of drug-likeness (QED) is 0.514. The Balaban J connectivity index is 4.71. The summed E-state index contributed by atoms with van der Waals surface area (Å²) in [4.78, 5) is 0. The Kier molecular flexibility index (Phi) is 5.19. The highest BCUT2D eigenvalue weighted by Gasteiger charge is 2.30. The molecule has 86 valence electrons. The molecule has 0 N–H and O–H groups in total. The van der Waals surface area contributed by atoms with Crippen molar-refractivity contribution >= 4 is 0 Å². The molecule has 0 radical (unpaired) electrons. The van der Waals surface area contributed by atoms with E-state index in [4.69, 9.17) is 4.74 Å². The minimum absolute atomic E-state index is 0.209. The van der Waals surface area contributed by atoms with Crippen molar-refractivity contribution in [3.63, 3.8) is 0 Å². The van der Waals surface area contributed by atoms with E-state index in [1.54, 1.807) is 13.8 Å². The first-order chi connectivity index (χ1) is 6.82. The average molecular weight is 220 g/mol. The summed E-state index contributed by atoms with van der Waals surface area (Å²) in [6, 6.07) is 0. The maximum Gasteiger partial charge on any atom is 0.416 e. The second-order valence-electron chi connectivity index (χ2n) is 3.11. The van der Waals surface area contributed by atoms with Crippen LogP contribution in [0.3, 0.4) is 0 Å². The summed E-state index contributed by atoms with van der Waals surface area (Å²) in [6.45, 7) is 6.58. The molecule has 0 aliphatic carbocycles. The molecule has 0 bridgehead atoms. The zero-order chi connectivity index (χ0) is 12.1. The van der Waals surface area contributed by atoms with Gasteiger partial charge >= 0.3 is 6.18 Å². The van der Waals surface area contributed by atoms with Gasteiger partial charge in [0.25, 0.3) is 0 Å². The van der Waals surface area contributed by atoms with Crippen LogP contribution in [0, 0.1) is 0 Å². The monoisotopic (exact) mass is 220 g/mol. The molecule has 0 aromatic carbocycles. The highest BCUT2D eigenvalue weighted by atomic mass is 19.4. The molecule has 0 saturated carbocycles. The Bertz CT molecular complexity index is 285. The number of allylic oxidation sites excluding steroid dienone is 5.